The molecule has 170 valence electrons. The predicted molar refractivity (Wildman–Crippen MR) is 121 cm³/mol. The largest absolute Gasteiger partial charge is 0.493 e. The summed E-state index contributed by atoms with van der Waals surface area (Å²) in [6, 6.07) is 7.04. The molecular weight excluding hydrogens is 496 g/mol. The van der Waals surface area contributed by atoms with Gasteiger partial charge in [0, 0.05) is 27.7 Å². The number of methoxy groups -OCH3 is 1. The van der Waals surface area contributed by atoms with Gasteiger partial charge in [-0.3, -0.25) is 9.59 Å². The van der Waals surface area contributed by atoms with E-state index in [-0.39, 0.29) is 40.7 Å². The van der Waals surface area contributed by atoms with Gasteiger partial charge in [0.1, 0.15) is 11.5 Å². The number of aromatic carboxylic acids is 1. The second kappa shape index (κ2) is 9.01. The number of amides is 2. The van der Waals surface area contributed by atoms with Gasteiger partial charge in [-0.25, -0.2) is 14.1 Å². The van der Waals surface area contributed by atoms with Crippen LogP contribution >= 0.6 is 34.5 Å². The molecule has 0 spiro atoms. The maximum atomic E-state index is 15.0. The molecule has 7 nitrogen and oxygen atoms in total. The minimum absolute atomic E-state index is 0.0128. The Balaban J connectivity index is 1.74. The molecule has 0 atom stereocenters. The van der Waals surface area contributed by atoms with Crippen molar-refractivity contribution in [3.63, 3.8) is 0 Å². The molecule has 11 heteroatoms. The standard InChI is InChI=1S/C22H14Cl2FNO6S/c1-31-16-6-14(25)15(7-17(16)32-8-11-12(23)3-2-4-13(11)24)26-18(27)5-10-9-33-20(22(29)30)19(10)21(26)28/h2-4,6-7,9H,5,8H2,1H3,(H,29,30). The van der Waals surface area contributed by atoms with Crippen LogP contribution in [0.1, 0.15) is 31.2 Å². The first-order chi connectivity index (χ1) is 15.7. The molecule has 1 aliphatic heterocycles. The minimum Gasteiger partial charge on any atom is -0.493 e. The molecule has 3 aromatic rings. The Morgan fingerprint density at radius 1 is 1.21 bits per heavy atom. The number of fused-ring (bicyclic) bond motifs is 1. The Hall–Kier alpha value is -3.14. The fourth-order valence-electron chi connectivity index (χ4n) is 3.41. The number of rotatable bonds is 6. The summed E-state index contributed by atoms with van der Waals surface area (Å²) in [6.07, 6.45) is -0.248. The van der Waals surface area contributed by atoms with Gasteiger partial charge in [-0.1, -0.05) is 29.3 Å². The number of carbonyl (C=O) groups excluding carboxylic acids is 2. The number of ether oxygens (including phenoxy) is 2. The summed E-state index contributed by atoms with van der Waals surface area (Å²) >= 11 is 13.2. The normalized spacial score (nSPS) is 13.2. The number of anilines is 1. The molecule has 0 radical (unpaired) electrons. The van der Waals surface area contributed by atoms with Crippen molar-refractivity contribution < 1.29 is 33.4 Å². The summed E-state index contributed by atoms with van der Waals surface area (Å²) in [5.74, 6) is -3.82. The second-order valence-corrected chi connectivity index (χ2v) is 8.62. The maximum absolute atomic E-state index is 15.0. The monoisotopic (exact) mass is 509 g/mol. The lowest BCUT2D eigenvalue weighted by molar-refractivity contribution is -0.117. The van der Waals surface area contributed by atoms with Gasteiger partial charge in [-0.2, -0.15) is 0 Å². The molecular formula is C22H14Cl2FNO6S. The van der Waals surface area contributed by atoms with Crippen LogP contribution in [0.3, 0.4) is 0 Å². The number of carboxylic acid groups (broad SMARTS) is 1. The zero-order chi connectivity index (χ0) is 23.9. The molecule has 0 fully saturated rings. The van der Waals surface area contributed by atoms with Crippen LogP contribution in [0.5, 0.6) is 11.5 Å². The van der Waals surface area contributed by atoms with Crippen molar-refractivity contribution in [3.05, 3.63) is 73.1 Å². The van der Waals surface area contributed by atoms with E-state index in [0.717, 1.165) is 23.5 Å². The first kappa shape index (κ1) is 23.0. The van der Waals surface area contributed by atoms with Gasteiger partial charge in [0.15, 0.2) is 17.3 Å². The number of imide groups is 1. The molecule has 1 N–H and O–H groups in total. The number of benzene rings is 2. The summed E-state index contributed by atoms with van der Waals surface area (Å²) in [7, 11) is 1.30. The third-order valence-corrected chi connectivity index (χ3v) is 6.70. The van der Waals surface area contributed by atoms with Crippen molar-refractivity contribution in [1.29, 1.82) is 0 Å². The van der Waals surface area contributed by atoms with Gasteiger partial charge in [0.2, 0.25) is 5.91 Å². The van der Waals surface area contributed by atoms with E-state index in [0.29, 0.717) is 26.1 Å². The number of thiophene rings is 1. The van der Waals surface area contributed by atoms with Crippen LogP contribution in [-0.2, 0) is 17.8 Å². The molecule has 2 aromatic carbocycles. The van der Waals surface area contributed by atoms with Crippen molar-refractivity contribution in [2.24, 2.45) is 0 Å². The summed E-state index contributed by atoms with van der Waals surface area (Å²) in [4.78, 5) is 37.7. The Bertz CT molecular complexity index is 1290. The highest BCUT2D eigenvalue weighted by Gasteiger charge is 2.38. The number of hydrogen-bond donors (Lipinski definition) is 1. The predicted octanol–water partition coefficient (Wildman–Crippen LogP) is 5.21. The van der Waals surface area contributed by atoms with Gasteiger partial charge >= 0.3 is 5.97 Å². The van der Waals surface area contributed by atoms with E-state index in [1.165, 1.54) is 12.5 Å². The van der Waals surface area contributed by atoms with E-state index < -0.39 is 23.6 Å². The Morgan fingerprint density at radius 2 is 1.91 bits per heavy atom. The number of hydrogen-bond acceptors (Lipinski definition) is 6. The molecule has 0 saturated carbocycles. The fraction of sp³-hybridized carbons (Fsp3) is 0.136. The SMILES string of the molecule is COc1cc(F)c(N2C(=O)Cc3csc(C(=O)O)c3C2=O)cc1OCc1c(Cl)cccc1Cl. The average Bonchev–Trinajstić information content (AvgIpc) is 3.19. The van der Waals surface area contributed by atoms with Gasteiger partial charge in [0.05, 0.1) is 24.8 Å². The minimum atomic E-state index is -1.31. The molecule has 0 unspecified atom stereocenters. The van der Waals surface area contributed by atoms with Crippen LogP contribution in [0.4, 0.5) is 10.1 Å². The molecule has 1 aromatic heterocycles. The summed E-state index contributed by atoms with van der Waals surface area (Å²) in [5.41, 5.74) is 0.252. The number of carboxylic acids is 1. The smallest absolute Gasteiger partial charge is 0.346 e. The first-order valence-electron chi connectivity index (χ1n) is 9.37. The van der Waals surface area contributed by atoms with Gasteiger partial charge < -0.3 is 14.6 Å². The van der Waals surface area contributed by atoms with E-state index in [9.17, 15) is 23.9 Å². The Morgan fingerprint density at radius 3 is 2.55 bits per heavy atom. The lowest BCUT2D eigenvalue weighted by Crippen LogP contribution is -2.43. The van der Waals surface area contributed by atoms with Gasteiger partial charge in [-0.15, -0.1) is 11.3 Å². The lowest BCUT2D eigenvalue weighted by Gasteiger charge is -2.26. The van der Waals surface area contributed by atoms with Crippen molar-refractivity contribution in [2.75, 3.05) is 12.0 Å². The first-order valence-corrected chi connectivity index (χ1v) is 11.0. The maximum Gasteiger partial charge on any atom is 0.346 e. The van der Waals surface area contributed by atoms with E-state index in [1.54, 1.807) is 18.2 Å². The van der Waals surface area contributed by atoms with Crippen molar-refractivity contribution in [2.45, 2.75) is 13.0 Å². The van der Waals surface area contributed by atoms with Gasteiger partial charge in [-0.05, 0) is 23.1 Å². The zero-order valence-corrected chi connectivity index (χ0v) is 19.2. The van der Waals surface area contributed by atoms with E-state index in [4.69, 9.17) is 32.7 Å². The lowest BCUT2D eigenvalue weighted by atomic mass is 10.0. The molecule has 1 aliphatic rings. The topological polar surface area (TPSA) is 93.1 Å². The highest BCUT2D eigenvalue weighted by Crippen LogP contribution is 2.39. The number of halogens is 3. The second-order valence-electron chi connectivity index (χ2n) is 6.92. The van der Waals surface area contributed by atoms with Crippen LogP contribution < -0.4 is 14.4 Å². The summed E-state index contributed by atoms with van der Waals surface area (Å²) in [5, 5.41) is 11.5. The van der Waals surface area contributed by atoms with E-state index in [1.807, 2.05) is 0 Å². The molecule has 0 saturated heterocycles. The van der Waals surface area contributed by atoms with E-state index >= 15 is 0 Å². The Labute approximate surface area is 200 Å². The molecule has 2 heterocycles. The quantitative estimate of drug-likeness (QED) is 0.458. The average molecular weight is 510 g/mol. The summed E-state index contributed by atoms with van der Waals surface area (Å²) in [6.45, 7) is -0.0975. The van der Waals surface area contributed by atoms with Crippen LogP contribution in [-0.4, -0.2) is 30.0 Å². The number of nitrogens with zero attached hydrogens (tertiary/aromatic N) is 1. The highest BCUT2D eigenvalue weighted by molar-refractivity contribution is 7.12. The van der Waals surface area contributed by atoms with E-state index in [2.05, 4.69) is 0 Å². The highest BCUT2D eigenvalue weighted by atomic mass is 35.5. The molecule has 4 rings (SSSR count). The molecule has 0 bridgehead atoms. The van der Waals surface area contributed by atoms with Gasteiger partial charge in [0.25, 0.3) is 5.91 Å². The molecule has 33 heavy (non-hydrogen) atoms. The number of carbonyl (C=O) groups is 3. The van der Waals surface area contributed by atoms with Crippen LogP contribution in [0, 0.1) is 5.82 Å². The fourth-order valence-corrected chi connectivity index (χ4v) is 4.82. The zero-order valence-electron chi connectivity index (χ0n) is 16.9. The van der Waals surface area contributed by atoms with Crippen LogP contribution in [0.2, 0.25) is 10.0 Å². The summed E-state index contributed by atoms with van der Waals surface area (Å²) < 4.78 is 25.9. The van der Waals surface area contributed by atoms with Crippen LogP contribution in [0.25, 0.3) is 0 Å². The van der Waals surface area contributed by atoms with Crippen molar-refractivity contribution in [3.8, 4) is 11.5 Å². The van der Waals surface area contributed by atoms with Crippen LogP contribution in [0.15, 0.2) is 35.7 Å². The van der Waals surface area contributed by atoms with Crippen molar-refractivity contribution in [1.82, 2.24) is 0 Å². The Kier molecular flexibility index (Phi) is 6.29. The third-order valence-electron chi connectivity index (χ3n) is 4.98. The molecule has 0 aliphatic carbocycles. The third kappa shape index (κ3) is 4.15. The molecule has 2 amide bonds. The van der Waals surface area contributed by atoms with Crippen molar-refractivity contribution >= 4 is 58.0 Å².